The lowest BCUT2D eigenvalue weighted by Gasteiger charge is -2.23. The number of halogens is 1. The van der Waals surface area contributed by atoms with Gasteiger partial charge in [-0.25, -0.2) is 4.98 Å². The first-order chi connectivity index (χ1) is 11.2. The van der Waals surface area contributed by atoms with Gasteiger partial charge < -0.3 is 10.6 Å². The van der Waals surface area contributed by atoms with Gasteiger partial charge in [0.1, 0.15) is 5.82 Å². The third-order valence-electron chi connectivity index (χ3n) is 4.12. The number of pyridine rings is 1. The normalized spacial score (nSPS) is 15.2. The van der Waals surface area contributed by atoms with Gasteiger partial charge in [0.2, 0.25) is 0 Å². The number of hydrogen-bond acceptors (Lipinski definition) is 3. The van der Waals surface area contributed by atoms with Crippen LogP contribution in [0.25, 0.3) is 0 Å². The summed E-state index contributed by atoms with van der Waals surface area (Å²) >= 11 is 6.17. The number of carbonyl (C=O) groups excluding carboxylic acids is 1. The molecule has 1 amide bonds. The van der Waals surface area contributed by atoms with Gasteiger partial charge in [0, 0.05) is 12.2 Å². The van der Waals surface area contributed by atoms with E-state index in [9.17, 15) is 4.79 Å². The van der Waals surface area contributed by atoms with E-state index in [1.54, 1.807) is 24.4 Å². The van der Waals surface area contributed by atoms with E-state index in [1.807, 2.05) is 18.2 Å². The van der Waals surface area contributed by atoms with Gasteiger partial charge >= 0.3 is 0 Å². The Morgan fingerprint density at radius 1 is 1.09 bits per heavy atom. The lowest BCUT2D eigenvalue weighted by atomic mass is 9.95. The number of benzene rings is 1. The molecule has 1 heterocycles. The van der Waals surface area contributed by atoms with Crippen LogP contribution >= 0.6 is 11.6 Å². The van der Waals surface area contributed by atoms with Crippen molar-refractivity contribution in [2.45, 2.75) is 38.1 Å². The Bertz CT molecular complexity index is 683. The van der Waals surface area contributed by atoms with Crippen molar-refractivity contribution in [2.75, 3.05) is 5.32 Å². The van der Waals surface area contributed by atoms with E-state index < -0.39 is 0 Å². The maximum absolute atomic E-state index is 12.6. The van der Waals surface area contributed by atoms with Crippen molar-refractivity contribution in [3.63, 3.8) is 0 Å². The zero-order valence-corrected chi connectivity index (χ0v) is 13.6. The van der Waals surface area contributed by atoms with E-state index in [0.717, 1.165) is 18.5 Å². The summed E-state index contributed by atoms with van der Waals surface area (Å²) in [4.78, 5) is 16.9. The maximum atomic E-state index is 12.6. The second kappa shape index (κ2) is 7.47. The molecular weight excluding hydrogens is 310 g/mol. The van der Waals surface area contributed by atoms with Crippen molar-refractivity contribution >= 4 is 29.0 Å². The molecule has 0 unspecified atom stereocenters. The maximum Gasteiger partial charge on any atom is 0.255 e. The predicted octanol–water partition coefficient (Wildman–Crippen LogP) is 4.54. The molecule has 0 spiro atoms. The van der Waals surface area contributed by atoms with E-state index in [0.29, 0.717) is 16.4 Å². The number of nitrogens with zero attached hydrogens (tertiary/aromatic N) is 1. The number of anilines is 2. The molecule has 0 aliphatic heterocycles. The molecule has 5 heteroatoms. The Morgan fingerprint density at radius 3 is 2.65 bits per heavy atom. The predicted molar refractivity (Wildman–Crippen MR) is 93.3 cm³/mol. The number of nitrogens with one attached hydrogen (secondary N) is 2. The van der Waals surface area contributed by atoms with Gasteiger partial charge in [0.15, 0.2) is 0 Å². The van der Waals surface area contributed by atoms with Crippen LogP contribution < -0.4 is 10.6 Å². The molecule has 0 radical (unpaired) electrons. The first-order valence-corrected chi connectivity index (χ1v) is 8.39. The van der Waals surface area contributed by atoms with Crippen LogP contribution in [0, 0.1) is 0 Å². The molecule has 2 aromatic rings. The largest absolute Gasteiger partial charge is 0.349 e. The van der Waals surface area contributed by atoms with Crippen LogP contribution in [-0.4, -0.2) is 16.9 Å². The lowest BCUT2D eigenvalue weighted by Crippen LogP contribution is -2.36. The van der Waals surface area contributed by atoms with E-state index in [1.165, 1.54) is 19.3 Å². The average Bonchev–Trinajstić information content (AvgIpc) is 2.58. The van der Waals surface area contributed by atoms with Crippen molar-refractivity contribution in [1.29, 1.82) is 0 Å². The fourth-order valence-corrected chi connectivity index (χ4v) is 3.07. The van der Waals surface area contributed by atoms with Gasteiger partial charge in [-0.1, -0.05) is 43.0 Å². The van der Waals surface area contributed by atoms with Crippen LogP contribution in [0.1, 0.15) is 42.5 Å². The SMILES string of the molecule is O=C(NC1CCCCC1)c1cccnc1Nc1ccccc1Cl. The second-order valence-electron chi connectivity index (χ2n) is 5.81. The smallest absolute Gasteiger partial charge is 0.255 e. The van der Waals surface area contributed by atoms with E-state index in [4.69, 9.17) is 11.6 Å². The van der Waals surface area contributed by atoms with Crippen molar-refractivity contribution in [1.82, 2.24) is 10.3 Å². The van der Waals surface area contributed by atoms with Gasteiger partial charge in [-0.3, -0.25) is 4.79 Å². The Labute approximate surface area is 141 Å². The highest BCUT2D eigenvalue weighted by atomic mass is 35.5. The molecule has 4 nitrogen and oxygen atoms in total. The summed E-state index contributed by atoms with van der Waals surface area (Å²) in [6.07, 6.45) is 7.40. The van der Waals surface area contributed by atoms with Crippen molar-refractivity contribution < 1.29 is 4.79 Å². The summed E-state index contributed by atoms with van der Waals surface area (Å²) in [5.74, 6) is 0.438. The third kappa shape index (κ3) is 4.02. The highest BCUT2D eigenvalue weighted by Crippen LogP contribution is 2.26. The molecule has 3 rings (SSSR count). The minimum atomic E-state index is -0.0837. The summed E-state index contributed by atoms with van der Waals surface area (Å²) < 4.78 is 0. The molecule has 0 atom stereocenters. The highest BCUT2D eigenvalue weighted by molar-refractivity contribution is 6.33. The second-order valence-corrected chi connectivity index (χ2v) is 6.22. The molecule has 120 valence electrons. The van der Waals surface area contributed by atoms with Crippen LogP contribution in [0.15, 0.2) is 42.6 Å². The summed E-state index contributed by atoms with van der Waals surface area (Å²) in [7, 11) is 0. The Balaban J connectivity index is 1.77. The highest BCUT2D eigenvalue weighted by Gasteiger charge is 2.19. The molecule has 2 N–H and O–H groups in total. The number of carbonyl (C=O) groups is 1. The van der Waals surface area contributed by atoms with Crippen molar-refractivity contribution in [2.24, 2.45) is 0 Å². The van der Waals surface area contributed by atoms with Gasteiger partial charge in [-0.05, 0) is 37.1 Å². The number of aromatic nitrogens is 1. The van der Waals surface area contributed by atoms with Crippen LogP contribution in [0.3, 0.4) is 0 Å². The van der Waals surface area contributed by atoms with Gasteiger partial charge in [-0.2, -0.15) is 0 Å². The number of para-hydroxylation sites is 1. The monoisotopic (exact) mass is 329 g/mol. The van der Waals surface area contributed by atoms with E-state index >= 15 is 0 Å². The first-order valence-electron chi connectivity index (χ1n) is 8.01. The summed E-state index contributed by atoms with van der Waals surface area (Å²) in [5.41, 5.74) is 1.28. The van der Waals surface area contributed by atoms with Gasteiger partial charge in [0.05, 0.1) is 16.3 Å². The fourth-order valence-electron chi connectivity index (χ4n) is 2.89. The van der Waals surface area contributed by atoms with E-state index in [2.05, 4.69) is 15.6 Å². The summed E-state index contributed by atoms with van der Waals surface area (Å²) in [5, 5.41) is 6.87. The number of hydrogen-bond donors (Lipinski definition) is 2. The molecule has 1 saturated carbocycles. The summed E-state index contributed by atoms with van der Waals surface area (Å²) in [6.45, 7) is 0. The van der Waals surface area contributed by atoms with Crippen molar-refractivity contribution in [3.8, 4) is 0 Å². The molecule has 0 bridgehead atoms. The quantitative estimate of drug-likeness (QED) is 0.865. The summed E-state index contributed by atoms with van der Waals surface area (Å²) in [6, 6.07) is 11.2. The van der Waals surface area contributed by atoms with Crippen LogP contribution in [-0.2, 0) is 0 Å². The zero-order chi connectivity index (χ0) is 16.1. The average molecular weight is 330 g/mol. The first kappa shape index (κ1) is 15.8. The lowest BCUT2D eigenvalue weighted by molar-refractivity contribution is 0.0928. The molecule has 1 aliphatic carbocycles. The molecule has 0 saturated heterocycles. The van der Waals surface area contributed by atoms with Crippen LogP contribution in [0.5, 0.6) is 0 Å². The molecule has 1 aromatic heterocycles. The molecular formula is C18H20ClN3O. The Morgan fingerprint density at radius 2 is 1.87 bits per heavy atom. The van der Waals surface area contributed by atoms with Crippen LogP contribution in [0.4, 0.5) is 11.5 Å². The van der Waals surface area contributed by atoms with Crippen molar-refractivity contribution in [3.05, 3.63) is 53.2 Å². The Hall–Kier alpha value is -2.07. The Kier molecular flexibility index (Phi) is 5.13. The number of rotatable bonds is 4. The number of amides is 1. The third-order valence-corrected chi connectivity index (χ3v) is 4.45. The minimum absolute atomic E-state index is 0.0837. The zero-order valence-electron chi connectivity index (χ0n) is 12.9. The molecule has 1 aliphatic rings. The minimum Gasteiger partial charge on any atom is -0.349 e. The molecule has 1 aromatic carbocycles. The van der Waals surface area contributed by atoms with Gasteiger partial charge in [-0.15, -0.1) is 0 Å². The van der Waals surface area contributed by atoms with Gasteiger partial charge in [0.25, 0.3) is 5.91 Å². The fraction of sp³-hybridized carbons (Fsp3) is 0.333. The topological polar surface area (TPSA) is 54.0 Å². The molecule has 23 heavy (non-hydrogen) atoms. The van der Waals surface area contributed by atoms with E-state index in [-0.39, 0.29) is 11.9 Å². The van der Waals surface area contributed by atoms with Crippen LogP contribution in [0.2, 0.25) is 5.02 Å². The standard InChI is InChI=1S/C18H20ClN3O/c19-15-10-4-5-11-16(15)22-17-14(9-6-12-20-17)18(23)21-13-7-2-1-3-8-13/h4-6,9-13H,1-3,7-8H2,(H,20,22)(H,21,23). The molecule has 1 fully saturated rings.